The standard InChI is InChI=1S/C31H25FN2O6S/c1-3-37-30(36)27-18(2)33-31-34(28(27)20-12-13-24-25(14-20)40-17-39-24)29(35)26(41-31)15-19-8-5-7-11-23(19)38-16-21-9-4-6-10-22(21)32/h4-15,28H,3,16-17H2,1-2H3/b26-15+/t28-/m1/s1. The van der Waals surface area contributed by atoms with Crippen LogP contribution in [0, 0.1) is 5.82 Å². The highest BCUT2D eigenvalue weighted by Crippen LogP contribution is 2.38. The van der Waals surface area contributed by atoms with E-state index >= 15 is 0 Å². The second-order valence-electron chi connectivity index (χ2n) is 9.33. The average molecular weight is 573 g/mol. The van der Waals surface area contributed by atoms with E-state index in [9.17, 15) is 14.0 Å². The Bertz CT molecular complexity index is 1880. The van der Waals surface area contributed by atoms with Crippen molar-refractivity contribution in [1.82, 2.24) is 4.57 Å². The summed E-state index contributed by atoms with van der Waals surface area (Å²) in [6.45, 7) is 3.77. The molecular formula is C31H25FN2O6S. The number of fused-ring (bicyclic) bond motifs is 2. The number of aromatic nitrogens is 1. The Labute approximate surface area is 238 Å². The lowest BCUT2D eigenvalue weighted by atomic mass is 9.95. The van der Waals surface area contributed by atoms with E-state index in [0.29, 0.717) is 49.0 Å². The zero-order valence-electron chi connectivity index (χ0n) is 22.3. The van der Waals surface area contributed by atoms with Gasteiger partial charge < -0.3 is 18.9 Å². The fraction of sp³-hybridized carbons (Fsp3) is 0.194. The Kier molecular flexibility index (Phi) is 7.15. The number of benzene rings is 3. The van der Waals surface area contributed by atoms with Crippen molar-refractivity contribution in [3.05, 3.63) is 120 Å². The number of hydrogen-bond acceptors (Lipinski definition) is 8. The molecule has 0 radical (unpaired) electrons. The fourth-order valence-corrected chi connectivity index (χ4v) is 5.87. The molecule has 3 heterocycles. The predicted molar refractivity (Wildman–Crippen MR) is 150 cm³/mol. The topological polar surface area (TPSA) is 88.4 Å². The molecular weight excluding hydrogens is 547 g/mol. The third-order valence-electron chi connectivity index (χ3n) is 6.78. The van der Waals surface area contributed by atoms with Crippen molar-refractivity contribution in [3.63, 3.8) is 0 Å². The van der Waals surface area contributed by atoms with E-state index in [-0.39, 0.29) is 37.0 Å². The minimum Gasteiger partial charge on any atom is -0.488 e. The number of para-hydroxylation sites is 1. The number of thiazole rings is 1. The Balaban J connectivity index is 1.45. The van der Waals surface area contributed by atoms with Gasteiger partial charge in [-0.15, -0.1) is 0 Å². The summed E-state index contributed by atoms with van der Waals surface area (Å²) in [6.07, 6.45) is 1.72. The number of halogens is 1. The number of hydrogen-bond donors (Lipinski definition) is 0. The van der Waals surface area contributed by atoms with Gasteiger partial charge >= 0.3 is 5.97 Å². The lowest BCUT2D eigenvalue weighted by molar-refractivity contribution is -0.139. The molecule has 4 aromatic rings. The summed E-state index contributed by atoms with van der Waals surface area (Å²) < 4.78 is 38.4. The molecule has 1 aromatic heterocycles. The first-order chi connectivity index (χ1) is 19.9. The van der Waals surface area contributed by atoms with Crippen molar-refractivity contribution in [2.45, 2.75) is 26.5 Å². The second kappa shape index (κ2) is 11.1. The van der Waals surface area contributed by atoms with Crippen LogP contribution in [0.4, 0.5) is 4.39 Å². The number of ether oxygens (including phenoxy) is 4. The van der Waals surface area contributed by atoms with Crippen molar-refractivity contribution in [3.8, 4) is 17.2 Å². The number of allylic oxidation sites excluding steroid dienone is 1. The molecule has 0 fully saturated rings. The van der Waals surface area contributed by atoms with E-state index in [1.807, 2.05) is 18.2 Å². The van der Waals surface area contributed by atoms with Gasteiger partial charge in [-0.1, -0.05) is 53.8 Å². The molecule has 0 N–H and O–H groups in total. The highest BCUT2D eigenvalue weighted by atomic mass is 32.1. The van der Waals surface area contributed by atoms with Gasteiger partial charge in [0.2, 0.25) is 6.79 Å². The van der Waals surface area contributed by atoms with E-state index in [2.05, 4.69) is 4.99 Å². The number of nitrogens with zero attached hydrogens (tertiary/aromatic N) is 2. The third kappa shape index (κ3) is 5.02. The van der Waals surface area contributed by atoms with Crippen molar-refractivity contribution in [2.24, 2.45) is 4.99 Å². The van der Waals surface area contributed by atoms with Crippen LogP contribution in [0.1, 0.15) is 36.6 Å². The maximum absolute atomic E-state index is 14.1. The zero-order valence-corrected chi connectivity index (χ0v) is 23.1. The lowest BCUT2D eigenvalue weighted by Gasteiger charge is -2.24. The average Bonchev–Trinajstić information content (AvgIpc) is 3.56. The van der Waals surface area contributed by atoms with E-state index in [1.165, 1.54) is 22.0 Å². The van der Waals surface area contributed by atoms with Crippen LogP contribution in [-0.2, 0) is 16.1 Å². The molecule has 0 unspecified atom stereocenters. The van der Waals surface area contributed by atoms with Gasteiger partial charge in [0.1, 0.15) is 18.2 Å². The smallest absolute Gasteiger partial charge is 0.338 e. The minimum absolute atomic E-state index is 0.0327. The molecule has 10 heteroatoms. The van der Waals surface area contributed by atoms with Crippen LogP contribution in [0.15, 0.2) is 87.8 Å². The molecule has 0 spiro atoms. The van der Waals surface area contributed by atoms with Gasteiger partial charge in [0.05, 0.1) is 28.5 Å². The number of rotatable bonds is 7. The highest BCUT2D eigenvalue weighted by Gasteiger charge is 2.34. The maximum atomic E-state index is 14.1. The van der Waals surface area contributed by atoms with Gasteiger partial charge in [0.25, 0.3) is 5.56 Å². The molecule has 0 saturated heterocycles. The molecule has 208 valence electrons. The van der Waals surface area contributed by atoms with Gasteiger partial charge in [-0.3, -0.25) is 9.36 Å². The van der Waals surface area contributed by atoms with Crippen LogP contribution < -0.4 is 29.1 Å². The highest BCUT2D eigenvalue weighted by molar-refractivity contribution is 7.07. The van der Waals surface area contributed by atoms with E-state index < -0.39 is 12.0 Å². The first-order valence-corrected chi connectivity index (χ1v) is 13.8. The summed E-state index contributed by atoms with van der Waals surface area (Å²) in [4.78, 5) is 32.2. The van der Waals surface area contributed by atoms with Crippen molar-refractivity contribution in [2.75, 3.05) is 13.4 Å². The molecule has 8 nitrogen and oxygen atoms in total. The number of carbonyl (C=O) groups excluding carboxylic acids is 1. The lowest BCUT2D eigenvalue weighted by Crippen LogP contribution is -2.39. The summed E-state index contributed by atoms with van der Waals surface area (Å²) >= 11 is 1.21. The van der Waals surface area contributed by atoms with E-state index in [4.69, 9.17) is 18.9 Å². The Hall–Kier alpha value is -4.70. The van der Waals surface area contributed by atoms with Crippen LogP contribution in [0.2, 0.25) is 0 Å². The van der Waals surface area contributed by atoms with Gasteiger partial charge in [-0.05, 0) is 49.8 Å². The molecule has 2 aliphatic rings. The minimum atomic E-state index is -0.783. The molecule has 3 aromatic carbocycles. The molecule has 2 aliphatic heterocycles. The quantitative estimate of drug-likeness (QED) is 0.308. The summed E-state index contributed by atoms with van der Waals surface area (Å²) in [5, 5.41) is 0. The fourth-order valence-electron chi connectivity index (χ4n) is 4.83. The largest absolute Gasteiger partial charge is 0.488 e. The second-order valence-corrected chi connectivity index (χ2v) is 10.3. The molecule has 0 amide bonds. The molecule has 41 heavy (non-hydrogen) atoms. The van der Waals surface area contributed by atoms with Crippen LogP contribution in [0.5, 0.6) is 17.2 Å². The SMILES string of the molecule is CCOC(=O)C1=C(C)N=c2s/c(=C/c3ccccc3OCc3ccccc3F)c(=O)n2[C@@H]1c1ccc2c(c1)OCO2. The van der Waals surface area contributed by atoms with Gasteiger partial charge in [0, 0.05) is 11.1 Å². The zero-order chi connectivity index (χ0) is 28.5. The Morgan fingerprint density at radius 1 is 1.12 bits per heavy atom. The summed E-state index contributed by atoms with van der Waals surface area (Å²) in [6, 6.07) is 18.2. The maximum Gasteiger partial charge on any atom is 0.338 e. The molecule has 0 bridgehead atoms. The van der Waals surface area contributed by atoms with Crippen LogP contribution in [0.3, 0.4) is 0 Å². The summed E-state index contributed by atoms with van der Waals surface area (Å²) in [5.74, 6) is 0.722. The van der Waals surface area contributed by atoms with Crippen LogP contribution in [-0.4, -0.2) is 23.9 Å². The van der Waals surface area contributed by atoms with Crippen molar-refractivity contribution >= 4 is 23.4 Å². The molecule has 6 rings (SSSR count). The first-order valence-electron chi connectivity index (χ1n) is 13.0. The van der Waals surface area contributed by atoms with Gasteiger partial charge in [-0.25, -0.2) is 14.2 Å². The number of carbonyl (C=O) groups is 1. The molecule has 0 saturated carbocycles. The van der Waals surface area contributed by atoms with E-state index in [1.54, 1.807) is 62.4 Å². The predicted octanol–water partition coefficient (Wildman–Crippen LogP) is 4.25. The first kappa shape index (κ1) is 26.5. The Morgan fingerprint density at radius 3 is 2.73 bits per heavy atom. The number of esters is 1. The van der Waals surface area contributed by atoms with Gasteiger partial charge in [-0.2, -0.15) is 0 Å². The van der Waals surface area contributed by atoms with Crippen LogP contribution in [0.25, 0.3) is 6.08 Å². The van der Waals surface area contributed by atoms with Gasteiger partial charge in [0.15, 0.2) is 16.3 Å². The molecule has 0 aliphatic carbocycles. The molecule has 1 atom stereocenters. The Morgan fingerprint density at radius 2 is 1.90 bits per heavy atom. The van der Waals surface area contributed by atoms with E-state index in [0.717, 1.165) is 0 Å². The van der Waals surface area contributed by atoms with Crippen molar-refractivity contribution in [1.29, 1.82) is 0 Å². The summed E-state index contributed by atoms with van der Waals surface area (Å²) in [7, 11) is 0. The summed E-state index contributed by atoms with van der Waals surface area (Å²) in [5.41, 5.74) is 2.15. The monoisotopic (exact) mass is 572 g/mol. The normalized spacial score (nSPS) is 15.9. The van der Waals surface area contributed by atoms with Crippen LogP contribution >= 0.6 is 11.3 Å². The third-order valence-corrected chi connectivity index (χ3v) is 7.76. The van der Waals surface area contributed by atoms with Crippen molar-refractivity contribution < 1.29 is 28.1 Å².